The van der Waals surface area contributed by atoms with Crippen molar-refractivity contribution in [2.45, 2.75) is 26.4 Å². The lowest BCUT2D eigenvalue weighted by Gasteiger charge is -2.17. The van der Waals surface area contributed by atoms with Gasteiger partial charge in [0.15, 0.2) is 5.78 Å². The van der Waals surface area contributed by atoms with E-state index in [4.69, 9.17) is 16.3 Å². The number of ketones is 1. The van der Waals surface area contributed by atoms with Crippen LogP contribution in [0.5, 0.6) is 5.75 Å². The van der Waals surface area contributed by atoms with E-state index >= 15 is 0 Å². The molecule has 3 aromatic rings. The van der Waals surface area contributed by atoms with Crippen LogP contribution in [0.3, 0.4) is 0 Å². The molecule has 0 radical (unpaired) electrons. The van der Waals surface area contributed by atoms with Crippen LogP contribution in [0.4, 0.5) is 10.1 Å². The van der Waals surface area contributed by atoms with E-state index in [1.54, 1.807) is 24.7 Å². The molecule has 31 heavy (non-hydrogen) atoms. The molecule has 0 unspecified atom stereocenters. The number of rotatable bonds is 7. The molecule has 7 nitrogen and oxygen atoms in total. The summed E-state index contributed by atoms with van der Waals surface area (Å²) in [6.45, 7) is 2.90. The second-order valence-corrected chi connectivity index (χ2v) is 7.46. The van der Waals surface area contributed by atoms with Crippen molar-refractivity contribution in [2.24, 2.45) is 4.99 Å². The monoisotopic (exact) mass is 439 g/mol. The molecule has 1 N–H and O–H groups in total. The standard InChI is InChI=1S/C22H19ClFN5O2/c1-13-8-28-15(10-27-13)9-25-11-20-22-17(4-5-26-20)21(30)6-14(29-22)12-31-16-2-3-19(24)18(23)7-16/h2-5,7-8,10,25H,6,9,11-12H2,1H3. The van der Waals surface area contributed by atoms with Crippen LogP contribution in [0.1, 0.15) is 33.9 Å². The van der Waals surface area contributed by atoms with Gasteiger partial charge in [0.1, 0.15) is 18.2 Å². The van der Waals surface area contributed by atoms with Gasteiger partial charge in [-0.3, -0.25) is 24.7 Å². The third-order valence-electron chi connectivity index (χ3n) is 4.66. The number of carbonyl (C=O) groups is 1. The number of aryl methyl sites for hydroxylation is 1. The molecule has 1 aliphatic rings. The number of nitrogens with one attached hydrogen (secondary N) is 1. The van der Waals surface area contributed by atoms with Gasteiger partial charge in [-0.1, -0.05) is 11.6 Å². The lowest BCUT2D eigenvalue weighted by molar-refractivity contribution is 0.0998. The molecule has 4 rings (SSSR count). The maximum atomic E-state index is 13.3. The molecular weight excluding hydrogens is 421 g/mol. The van der Waals surface area contributed by atoms with E-state index in [9.17, 15) is 9.18 Å². The van der Waals surface area contributed by atoms with E-state index < -0.39 is 5.82 Å². The predicted octanol–water partition coefficient (Wildman–Crippen LogP) is 4.00. The largest absolute Gasteiger partial charge is 0.488 e. The van der Waals surface area contributed by atoms with Crippen molar-refractivity contribution in [2.75, 3.05) is 6.61 Å². The Morgan fingerprint density at radius 2 is 2.03 bits per heavy atom. The zero-order chi connectivity index (χ0) is 21.8. The second-order valence-electron chi connectivity index (χ2n) is 7.05. The van der Waals surface area contributed by atoms with Gasteiger partial charge in [0.25, 0.3) is 0 Å². The maximum Gasteiger partial charge on any atom is 0.170 e. The number of hydrogen-bond acceptors (Lipinski definition) is 7. The fourth-order valence-corrected chi connectivity index (χ4v) is 3.26. The Labute approximate surface area is 183 Å². The van der Waals surface area contributed by atoms with Gasteiger partial charge in [-0.25, -0.2) is 4.39 Å². The van der Waals surface area contributed by atoms with Gasteiger partial charge >= 0.3 is 0 Å². The summed E-state index contributed by atoms with van der Waals surface area (Å²) < 4.78 is 19.0. The number of fused-ring (bicyclic) bond motifs is 1. The quantitative estimate of drug-likeness (QED) is 0.598. The van der Waals surface area contributed by atoms with E-state index in [1.807, 2.05) is 6.92 Å². The fraction of sp³-hybridized carbons (Fsp3) is 0.227. The molecule has 0 saturated heterocycles. The number of Topliss-reactive ketones (excluding diaryl/α,β-unsaturated/α-hetero) is 1. The van der Waals surface area contributed by atoms with Gasteiger partial charge in [-0.05, 0) is 25.1 Å². The van der Waals surface area contributed by atoms with E-state index in [-0.39, 0.29) is 23.8 Å². The average Bonchev–Trinajstić information content (AvgIpc) is 2.76. The van der Waals surface area contributed by atoms with Crippen LogP contribution >= 0.6 is 11.6 Å². The first-order chi connectivity index (χ1) is 15.0. The van der Waals surface area contributed by atoms with Crippen LogP contribution < -0.4 is 10.1 Å². The molecule has 9 heteroatoms. The molecule has 1 aromatic carbocycles. The highest BCUT2D eigenvalue weighted by atomic mass is 35.5. The van der Waals surface area contributed by atoms with Crippen molar-refractivity contribution in [3.8, 4) is 5.75 Å². The lowest BCUT2D eigenvalue weighted by atomic mass is 10.00. The number of nitrogens with zero attached hydrogens (tertiary/aromatic N) is 4. The first-order valence-electron chi connectivity index (χ1n) is 9.63. The van der Waals surface area contributed by atoms with E-state index in [0.717, 1.165) is 11.4 Å². The predicted molar refractivity (Wildman–Crippen MR) is 114 cm³/mol. The minimum Gasteiger partial charge on any atom is -0.488 e. The molecule has 0 bridgehead atoms. The minimum atomic E-state index is -0.520. The summed E-state index contributed by atoms with van der Waals surface area (Å²) in [5.74, 6) is -0.165. The highest BCUT2D eigenvalue weighted by molar-refractivity contribution is 6.30. The number of benzene rings is 1. The summed E-state index contributed by atoms with van der Waals surface area (Å²) in [7, 11) is 0. The number of aromatic nitrogens is 3. The Morgan fingerprint density at radius 1 is 1.16 bits per heavy atom. The third kappa shape index (κ3) is 5.10. The maximum absolute atomic E-state index is 13.3. The smallest absolute Gasteiger partial charge is 0.170 e. The molecule has 0 amide bonds. The molecule has 3 heterocycles. The Morgan fingerprint density at radius 3 is 2.81 bits per heavy atom. The Balaban J connectivity index is 1.46. The summed E-state index contributed by atoms with van der Waals surface area (Å²) >= 11 is 5.78. The summed E-state index contributed by atoms with van der Waals surface area (Å²) in [6.07, 6.45) is 5.19. The summed E-state index contributed by atoms with van der Waals surface area (Å²) in [5.41, 5.74) is 3.96. The summed E-state index contributed by atoms with van der Waals surface area (Å²) in [4.78, 5) is 30.2. The van der Waals surface area contributed by atoms with Crippen LogP contribution in [-0.4, -0.2) is 33.1 Å². The summed E-state index contributed by atoms with van der Waals surface area (Å²) in [5, 5.41) is 3.23. The fourth-order valence-electron chi connectivity index (χ4n) is 3.09. The normalized spacial score (nSPS) is 13.0. The highest BCUT2D eigenvalue weighted by Crippen LogP contribution is 2.29. The molecule has 0 saturated carbocycles. The van der Waals surface area contributed by atoms with Gasteiger partial charge in [0, 0.05) is 43.3 Å². The number of hydrogen-bond donors (Lipinski definition) is 1. The molecular formula is C22H19ClFN5O2. The van der Waals surface area contributed by atoms with Crippen molar-refractivity contribution >= 4 is 28.8 Å². The van der Waals surface area contributed by atoms with Crippen LogP contribution in [0.15, 0.2) is 47.8 Å². The molecule has 0 fully saturated rings. The van der Waals surface area contributed by atoms with E-state index in [0.29, 0.717) is 41.5 Å². The average molecular weight is 440 g/mol. The lowest BCUT2D eigenvalue weighted by Crippen LogP contribution is -2.22. The minimum absolute atomic E-state index is 0.0275. The zero-order valence-corrected chi connectivity index (χ0v) is 17.5. The summed E-state index contributed by atoms with van der Waals surface area (Å²) in [6, 6.07) is 5.77. The molecule has 2 aromatic heterocycles. The topological polar surface area (TPSA) is 89.4 Å². The Bertz CT molecular complexity index is 1150. The molecule has 0 spiro atoms. The van der Waals surface area contributed by atoms with Crippen molar-refractivity contribution < 1.29 is 13.9 Å². The van der Waals surface area contributed by atoms with Gasteiger partial charge in [0.05, 0.1) is 39.9 Å². The Hall–Kier alpha value is -3.23. The van der Waals surface area contributed by atoms with Crippen LogP contribution in [-0.2, 0) is 13.1 Å². The molecule has 158 valence electrons. The van der Waals surface area contributed by atoms with E-state index in [2.05, 4.69) is 25.3 Å². The number of halogens is 2. The van der Waals surface area contributed by atoms with Crippen LogP contribution in [0.2, 0.25) is 5.02 Å². The third-order valence-corrected chi connectivity index (χ3v) is 4.95. The zero-order valence-electron chi connectivity index (χ0n) is 16.7. The van der Waals surface area contributed by atoms with Crippen molar-refractivity contribution in [3.63, 3.8) is 0 Å². The first kappa shape index (κ1) is 21.0. The second kappa shape index (κ2) is 9.28. The van der Waals surface area contributed by atoms with Crippen molar-refractivity contribution in [3.05, 3.63) is 76.3 Å². The number of aliphatic imine (C=N–C) groups is 1. The first-order valence-corrected chi connectivity index (χ1v) is 10.0. The SMILES string of the molecule is Cc1cnc(CNCc2nccc3c2N=C(COc2ccc(F)c(Cl)c2)CC3=O)cn1. The molecule has 1 aliphatic heterocycles. The van der Waals surface area contributed by atoms with Gasteiger partial charge in [-0.2, -0.15) is 0 Å². The number of carbonyl (C=O) groups excluding carboxylic acids is 1. The highest BCUT2D eigenvalue weighted by Gasteiger charge is 2.23. The molecule has 0 atom stereocenters. The molecule has 0 aliphatic carbocycles. The number of ether oxygens (including phenoxy) is 1. The number of pyridine rings is 1. The van der Waals surface area contributed by atoms with Gasteiger partial charge < -0.3 is 10.1 Å². The van der Waals surface area contributed by atoms with Crippen molar-refractivity contribution in [1.29, 1.82) is 0 Å². The van der Waals surface area contributed by atoms with Crippen LogP contribution in [0.25, 0.3) is 0 Å². The van der Waals surface area contributed by atoms with Crippen LogP contribution in [0, 0.1) is 12.7 Å². The Kier molecular flexibility index (Phi) is 6.29. The van der Waals surface area contributed by atoms with Crippen molar-refractivity contribution in [1.82, 2.24) is 20.3 Å². The van der Waals surface area contributed by atoms with Gasteiger partial charge in [0.2, 0.25) is 0 Å². The van der Waals surface area contributed by atoms with E-state index in [1.165, 1.54) is 18.2 Å². The van der Waals surface area contributed by atoms with Gasteiger partial charge in [-0.15, -0.1) is 0 Å².